The van der Waals surface area contributed by atoms with Gasteiger partial charge in [-0.05, 0) is 55.3 Å². The Bertz CT molecular complexity index is 3040. The zero-order chi connectivity index (χ0) is 41.2. The molecule has 0 bridgehead atoms. The van der Waals surface area contributed by atoms with Gasteiger partial charge in [-0.1, -0.05) is 29.3 Å². The van der Waals surface area contributed by atoms with Crippen LogP contribution >= 0.6 is 23.2 Å². The van der Waals surface area contributed by atoms with Crippen molar-refractivity contribution in [1.82, 2.24) is 15.0 Å². The summed E-state index contributed by atoms with van der Waals surface area (Å²) in [6.45, 7) is 1.79. The minimum Gasteiger partial charge on any atom is -0.451 e. The van der Waals surface area contributed by atoms with Gasteiger partial charge in [0.25, 0.3) is 30.4 Å². The van der Waals surface area contributed by atoms with Gasteiger partial charge in [0.1, 0.15) is 46.8 Å². The Morgan fingerprint density at radius 2 is 1.28 bits per heavy atom. The lowest BCUT2D eigenvalue weighted by Crippen LogP contribution is -2.23. The Balaban J connectivity index is 1.13. The maximum Gasteiger partial charge on any atom is 0.315 e. The zero-order valence-electron chi connectivity index (χ0n) is 28.4. The first-order valence-electron chi connectivity index (χ1n) is 15.8. The Morgan fingerprint density at radius 3 is 1.88 bits per heavy atom. The zero-order valence-corrected chi connectivity index (χ0v) is 32.4. The number of nitrogens with one attached hydrogen (secondary N) is 3. The van der Waals surface area contributed by atoms with Gasteiger partial charge in [-0.3, -0.25) is 13.7 Å². The van der Waals surface area contributed by atoms with E-state index >= 15 is 0 Å². The molecule has 0 amide bonds. The quantitative estimate of drug-likeness (QED) is 0.0525. The summed E-state index contributed by atoms with van der Waals surface area (Å²) in [6, 6.07) is 9.02. The van der Waals surface area contributed by atoms with Gasteiger partial charge >= 0.3 is 6.08 Å². The van der Waals surface area contributed by atoms with E-state index in [-0.39, 0.29) is 104 Å². The van der Waals surface area contributed by atoms with Crippen LogP contribution < -0.4 is 41.9 Å². The molecule has 1 aromatic heterocycles. The largest absolute Gasteiger partial charge is 0.451 e. The predicted molar refractivity (Wildman–Crippen MR) is 201 cm³/mol. The summed E-state index contributed by atoms with van der Waals surface area (Å²) in [5.74, 6) is -1.41. The van der Waals surface area contributed by atoms with E-state index in [0.29, 0.717) is 5.56 Å². The Labute approximate surface area is 330 Å². The summed E-state index contributed by atoms with van der Waals surface area (Å²) in [7, 11) is -14.5. The molecule has 2 aliphatic rings. The number of benzene rings is 4. The molecule has 0 aliphatic carbocycles. The fourth-order valence-corrected chi connectivity index (χ4v) is 8.41. The third kappa shape index (κ3) is 7.80. The molecule has 0 atom stereocenters. The van der Waals surface area contributed by atoms with Crippen molar-refractivity contribution < 1.29 is 52.8 Å². The van der Waals surface area contributed by atoms with Crippen molar-refractivity contribution in [2.24, 2.45) is 9.98 Å². The Hall–Kier alpha value is -5.47. The third-order valence-corrected chi connectivity index (χ3v) is 11.6. The van der Waals surface area contributed by atoms with Gasteiger partial charge in [-0.2, -0.15) is 44.6 Å². The van der Waals surface area contributed by atoms with E-state index < -0.39 is 51.1 Å². The number of nitrogen functional groups attached to an aromatic ring is 1. The number of fused-ring (bicyclic) bond motifs is 4. The van der Waals surface area contributed by atoms with Crippen LogP contribution in [0.3, 0.4) is 0 Å². The molecular formula is C31H24Cl2FN9O11S3. The van der Waals surface area contributed by atoms with Crippen molar-refractivity contribution in [3.8, 4) is 23.0 Å². The molecule has 4 aromatic carbocycles. The molecule has 0 radical (unpaired) electrons. The first-order chi connectivity index (χ1) is 26.7. The number of hydrogen-bond acceptors (Lipinski definition) is 17. The third-order valence-electron chi connectivity index (χ3n) is 8.07. The van der Waals surface area contributed by atoms with Crippen LogP contribution in [0.2, 0.25) is 10.0 Å². The maximum absolute atomic E-state index is 14.3. The molecular weight excluding hydrogens is 860 g/mol. The molecule has 57 heavy (non-hydrogen) atoms. The first-order valence-corrected chi connectivity index (χ1v) is 20.9. The summed E-state index contributed by atoms with van der Waals surface area (Å²) in [5.41, 5.74) is 5.13. The molecule has 0 unspecified atom stereocenters. The second kappa shape index (κ2) is 14.5. The van der Waals surface area contributed by atoms with Crippen molar-refractivity contribution in [2.75, 3.05) is 34.8 Å². The summed E-state index contributed by atoms with van der Waals surface area (Å²) in [4.78, 5) is 17.8. The van der Waals surface area contributed by atoms with Gasteiger partial charge in [0, 0.05) is 13.1 Å². The van der Waals surface area contributed by atoms with Gasteiger partial charge in [-0.25, -0.2) is 9.98 Å². The SMILES string of the molecule is Cc1ccc(S(=O)(=O)O)c(Nc2nc(F)nc(NCCCNc3ccc4c(c3S(=O)(=O)O)N=c3c(Cl)c5c(c(Cl)c3O4)=Nc3c(ccc(N)c3S(=O)(=O)O)O5)n2)c1. The van der Waals surface area contributed by atoms with Crippen molar-refractivity contribution in [3.05, 3.63) is 74.9 Å². The normalized spacial score (nSPS) is 13.0. The number of anilines is 5. The van der Waals surface area contributed by atoms with E-state index in [9.17, 15) is 43.3 Å². The molecule has 8 N–H and O–H groups in total. The van der Waals surface area contributed by atoms with Crippen LogP contribution in [0.4, 0.5) is 44.7 Å². The highest BCUT2D eigenvalue weighted by atomic mass is 35.5. The average molecular weight is 885 g/mol. The molecule has 2 aliphatic heterocycles. The second-order valence-corrected chi connectivity index (χ2v) is 16.9. The van der Waals surface area contributed by atoms with Gasteiger partial charge in [0.05, 0.1) is 17.1 Å². The van der Waals surface area contributed by atoms with Crippen LogP contribution in [-0.4, -0.2) is 67.0 Å². The number of nitrogens with two attached hydrogens (primary N) is 1. The Kier molecular flexibility index (Phi) is 10.1. The van der Waals surface area contributed by atoms with Crippen LogP contribution in [0, 0.1) is 13.0 Å². The smallest absolute Gasteiger partial charge is 0.315 e. The van der Waals surface area contributed by atoms with Crippen LogP contribution in [0.15, 0.2) is 67.1 Å². The van der Waals surface area contributed by atoms with Gasteiger partial charge in [-0.15, -0.1) is 0 Å². The molecule has 0 spiro atoms. The van der Waals surface area contributed by atoms with Gasteiger partial charge < -0.3 is 31.2 Å². The van der Waals surface area contributed by atoms with E-state index in [2.05, 4.69) is 40.9 Å². The molecule has 0 fully saturated rings. The first kappa shape index (κ1) is 39.8. The number of ether oxygens (including phenoxy) is 2. The highest BCUT2D eigenvalue weighted by Crippen LogP contribution is 2.48. The minimum absolute atomic E-state index is 0.0519. The molecule has 0 saturated heterocycles. The van der Waals surface area contributed by atoms with E-state index in [4.69, 9.17) is 38.4 Å². The highest BCUT2D eigenvalue weighted by Gasteiger charge is 2.33. The van der Waals surface area contributed by atoms with Gasteiger partial charge in [0.15, 0.2) is 23.0 Å². The maximum atomic E-state index is 14.3. The topological polar surface area (TPSA) is 307 Å². The molecule has 298 valence electrons. The van der Waals surface area contributed by atoms with Crippen LogP contribution in [0.25, 0.3) is 0 Å². The lowest BCUT2D eigenvalue weighted by molar-refractivity contribution is 0.447. The lowest BCUT2D eigenvalue weighted by atomic mass is 10.2. The highest BCUT2D eigenvalue weighted by molar-refractivity contribution is 7.86. The van der Waals surface area contributed by atoms with E-state index in [1.54, 1.807) is 6.92 Å². The summed E-state index contributed by atoms with van der Waals surface area (Å²) in [5, 5.41) is 7.19. The number of aryl methyl sites for hydroxylation is 1. The lowest BCUT2D eigenvalue weighted by Gasteiger charge is -2.23. The van der Waals surface area contributed by atoms with E-state index in [1.165, 1.54) is 30.3 Å². The van der Waals surface area contributed by atoms with Crippen LogP contribution in [0.1, 0.15) is 12.0 Å². The number of hydrogen-bond donors (Lipinski definition) is 7. The second-order valence-electron chi connectivity index (χ2n) is 12.0. The van der Waals surface area contributed by atoms with Gasteiger partial charge in [0.2, 0.25) is 11.9 Å². The fourth-order valence-electron chi connectivity index (χ4n) is 5.71. The van der Waals surface area contributed by atoms with Crippen molar-refractivity contribution >= 4 is 93.9 Å². The van der Waals surface area contributed by atoms with E-state index in [0.717, 1.165) is 12.1 Å². The summed E-state index contributed by atoms with van der Waals surface area (Å²) in [6.07, 6.45) is -0.988. The predicted octanol–water partition coefficient (Wildman–Crippen LogP) is 4.72. The number of nitrogens with zero attached hydrogens (tertiary/aromatic N) is 5. The number of aromatic nitrogens is 3. The molecule has 20 nitrogen and oxygen atoms in total. The van der Waals surface area contributed by atoms with E-state index in [1.807, 2.05) is 0 Å². The van der Waals surface area contributed by atoms with Crippen molar-refractivity contribution in [2.45, 2.75) is 28.0 Å². The summed E-state index contributed by atoms with van der Waals surface area (Å²) < 4.78 is 129. The molecule has 7 rings (SSSR count). The molecule has 5 aromatic rings. The summed E-state index contributed by atoms with van der Waals surface area (Å²) >= 11 is 13.3. The van der Waals surface area contributed by atoms with Crippen molar-refractivity contribution in [3.63, 3.8) is 0 Å². The average Bonchev–Trinajstić information content (AvgIpc) is 3.10. The standard InChI is InChI=1S/C31H24Cl2FN9O11S3/c1-12-3-8-18(55(44,45)46)15(11-12)38-31-42-29(34)41-30(43-31)37-10-2-9-36-14-5-7-17-22(28(14)57(50,51)52)40-24-20(33)25-23(19(32)26(24)54-17)39-21-16(53-25)6-4-13(35)27(21)56(47,48)49/h3-8,11,36H,2,9-10,35H2,1H3,(H,44,45,46)(H,47,48,49)(H,50,51,52)(H2,37,38,41,42,43). The molecule has 26 heteroatoms. The minimum atomic E-state index is -5.02. The van der Waals surface area contributed by atoms with Crippen molar-refractivity contribution in [1.29, 1.82) is 0 Å². The molecule has 0 saturated carbocycles. The number of halogens is 3. The monoisotopic (exact) mass is 883 g/mol. The van der Waals surface area contributed by atoms with Crippen LogP contribution in [-0.2, 0) is 30.4 Å². The Morgan fingerprint density at radius 1 is 0.719 bits per heavy atom. The number of rotatable bonds is 11. The molecule has 3 heterocycles. The van der Waals surface area contributed by atoms with Crippen LogP contribution in [0.5, 0.6) is 23.0 Å². The fraction of sp³-hybridized carbons (Fsp3) is 0.129.